The van der Waals surface area contributed by atoms with Crippen LogP contribution in [0.1, 0.15) is 36.1 Å². The number of methoxy groups -OCH3 is 1. The minimum atomic E-state index is -0.583. The van der Waals surface area contributed by atoms with Gasteiger partial charge in [-0.25, -0.2) is 4.79 Å². The number of carbonyl (C=O) groups excluding carboxylic acids is 2. The molecule has 1 unspecified atom stereocenters. The molecule has 0 saturated carbocycles. The predicted octanol–water partition coefficient (Wildman–Crippen LogP) is 2.98. The average Bonchev–Trinajstić information content (AvgIpc) is 3.18. The predicted molar refractivity (Wildman–Crippen MR) is 104 cm³/mol. The zero-order valence-electron chi connectivity index (χ0n) is 16.2. The first-order chi connectivity index (χ1) is 13.6. The van der Waals surface area contributed by atoms with Crippen LogP contribution in [0, 0.1) is 0 Å². The summed E-state index contributed by atoms with van der Waals surface area (Å²) in [4.78, 5) is 23.9. The summed E-state index contributed by atoms with van der Waals surface area (Å²) >= 11 is 0. The van der Waals surface area contributed by atoms with Crippen LogP contribution >= 0.6 is 0 Å². The summed E-state index contributed by atoms with van der Waals surface area (Å²) in [6, 6.07) is 13.0. The average molecular weight is 383 g/mol. The number of esters is 1. The quantitative estimate of drug-likeness (QED) is 0.710. The van der Waals surface area contributed by atoms with Gasteiger partial charge in [-0.1, -0.05) is 24.3 Å². The van der Waals surface area contributed by atoms with Crippen molar-refractivity contribution in [3.05, 3.63) is 59.2 Å². The van der Waals surface area contributed by atoms with Gasteiger partial charge >= 0.3 is 5.97 Å². The molecule has 1 aliphatic rings. The van der Waals surface area contributed by atoms with Crippen LogP contribution in [0.15, 0.2) is 42.5 Å². The van der Waals surface area contributed by atoms with E-state index < -0.39 is 5.97 Å². The van der Waals surface area contributed by atoms with E-state index in [0.717, 1.165) is 24.8 Å². The summed E-state index contributed by atoms with van der Waals surface area (Å²) in [5.41, 5.74) is 3.47. The molecule has 0 radical (unpaired) electrons. The van der Waals surface area contributed by atoms with E-state index >= 15 is 0 Å². The molecule has 3 rings (SSSR count). The molecule has 1 aliphatic carbocycles. The Morgan fingerprint density at radius 3 is 2.68 bits per heavy atom. The fourth-order valence-electron chi connectivity index (χ4n) is 3.35. The number of hydrogen-bond donors (Lipinski definition) is 1. The Kier molecular flexibility index (Phi) is 6.53. The molecule has 0 bridgehead atoms. The van der Waals surface area contributed by atoms with Gasteiger partial charge in [-0.2, -0.15) is 0 Å². The standard InChI is InChI=1S/C22H25NO5/c1-15(19-8-3-4-9-20(19)26-2)23-21(24)13-28-22(25)14-27-18-11-10-16-6-5-7-17(16)12-18/h3-4,8-12,15H,5-7,13-14H2,1-2H3,(H,23,24). The maximum atomic E-state index is 12.1. The summed E-state index contributed by atoms with van der Waals surface area (Å²) in [6.07, 6.45) is 3.30. The van der Waals surface area contributed by atoms with Crippen molar-refractivity contribution in [2.24, 2.45) is 0 Å². The van der Waals surface area contributed by atoms with Gasteiger partial charge in [0.25, 0.3) is 5.91 Å². The number of hydrogen-bond acceptors (Lipinski definition) is 5. The Labute approximate surface area is 164 Å². The summed E-state index contributed by atoms with van der Waals surface area (Å²) in [6.45, 7) is 1.26. The lowest BCUT2D eigenvalue weighted by Gasteiger charge is -2.17. The van der Waals surface area contributed by atoms with Gasteiger partial charge in [0.05, 0.1) is 13.2 Å². The highest BCUT2D eigenvalue weighted by Crippen LogP contribution is 2.26. The van der Waals surface area contributed by atoms with Gasteiger partial charge < -0.3 is 19.5 Å². The Bertz CT molecular complexity index is 849. The molecule has 0 spiro atoms. The van der Waals surface area contributed by atoms with Crippen molar-refractivity contribution in [1.29, 1.82) is 0 Å². The molecule has 0 fully saturated rings. The Hall–Kier alpha value is -3.02. The van der Waals surface area contributed by atoms with Crippen molar-refractivity contribution in [3.63, 3.8) is 0 Å². The van der Waals surface area contributed by atoms with E-state index in [-0.39, 0.29) is 25.2 Å². The lowest BCUT2D eigenvalue weighted by atomic mass is 10.1. The first-order valence-corrected chi connectivity index (χ1v) is 9.39. The van der Waals surface area contributed by atoms with Crippen LogP contribution in [0.5, 0.6) is 11.5 Å². The molecule has 0 aromatic heterocycles. The normalized spacial score (nSPS) is 13.4. The second kappa shape index (κ2) is 9.26. The SMILES string of the molecule is COc1ccccc1C(C)NC(=O)COC(=O)COc1ccc2c(c1)CCC2. The minimum Gasteiger partial charge on any atom is -0.496 e. The number of benzene rings is 2. The Morgan fingerprint density at radius 2 is 1.86 bits per heavy atom. The smallest absolute Gasteiger partial charge is 0.344 e. The Balaban J connectivity index is 1.42. The third kappa shape index (κ3) is 5.03. The summed E-state index contributed by atoms with van der Waals surface area (Å²) in [7, 11) is 1.58. The zero-order valence-corrected chi connectivity index (χ0v) is 16.2. The van der Waals surface area contributed by atoms with E-state index in [1.54, 1.807) is 7.11 Å². The van der Waals surface area contributed by atoms with Gasteiger partial charge in [0.2, 0.25) is 0 Å². The second-order valence-corrected chi connectivity index (χ2v) is 6.76. The fraction of sp³-hybridized carbons (Fsp3) is 0.364. The van der Waals surface area contributed by atoms with Crippen molar-refractivity contribution in [2.45, 2.75) is 32.2 Å². The van der Waals surface area contributed by atoms with E-state index in [9.17, 15) is 9.59 Å². The van der Waals surface area contributed by atoms with Gasteiger partial charge in [0, 0.05) is 5.56 Å². The molecule has 2 aromatic carbocycles. The summed E-state index contributed by atoms with van der Waals surface area (Å²) < 4.78 is 15.8. The van der Waals surface area contributed by atoms with Crippen LogP contribution in [0.3, 0.4) is 0 Å². The molecule has 1 N–H and O–H groups in total. The highest BCUT2D eigenvalue weighted by Gasteiger charge is 2.16. The maximum absolute atomic E-state index is 12.1. The summed E-state index contributed by atoms with van der Waals surface area (Å²) in [5, 5.41) is 2.79. The number of amides is 1. The van der Waals surface area contributed by atoms with Gasteiger partial charge in [0.1, 0.15) is 11.5 Å². The van der Waals surface area contributed by atoms with Gasteiger partial charge in [-0.15, -0.1) is 0 Å². The molecular weight excluding hydrogens is 358 g/mol. The minimum absolute atomic E-state index is 0.228. The number of nitrogens with one attached hydrogen (secondary N) is 1. The lowest BCUT2D eigenvalue weighted by molar-refractivity contribution is -0.150. The lowest BCUT2D eigenvalue weighted by Crippen LogP contribution is -2.32. The molecular formula is C22H25NO5. The Morgan fingerprint density at radius 1 is 1.07 bits per heavy atom. The van der Waals surface area contributed by atoms with E-state index in [4.69, 9.17) is 14.2 Å². The van der Waals surface area contributed by atoms with Crippen LogP contribution in [0.2, 0.25) is 0 Å². The van der Waals surface area contributed by atoms with Crippen molar-refractivity contribution < 1.29 is 23.8 Å². The van der Waals surface area contributed by atoms with Crippen LogP contribution in [-0.2, 0) is 27.2 Å². The molecule has 0 heterocycles. The molecule has 148 valence electrons. The third-order valence-electron chi connectivity index (χ3n) is 4.77. The van der Waals surface area contributed by atoms with Crippen LogP contribution < -0.4 is 14.8 Å². The highest BCUT2D eigenvalue weighted by molar-refractivity contribution is 5.81. The number of rotatable bonds is 8. The number of carbonyl (C=O) groups is 2. The third-order valence-corrected chi connectivity index (χ3v) is 4.77. The molecule has 6 nitrogen and oxygen atoms in total. The van der Waals surface area contributed by atoms with Crippen molar-refractivity contribution in [3.8, 4) is 11.5 Å². The molecule has 1 amide bonds. The van der Waals surface area contributed by atoms with E-state index in [0.29, 0.717) is 11.5 Å². The van der Waals surface area contributed by atoms with Crippen molar-refractivity contribution in [1.82, 2.24) is 5.32 Å². The first kappa shape index (κ1) is 19.7. The number of aryl methyl sites for hydroxylation is 2. The van der Waals surface area contributed by atoms with Crippen LogP contribution in [0.25, 0.3) is 0 Å². The maximum Gasteiger partial charge on any atom is 0.344 e. The molecule has 1 atom stereocenters. The van der Waals surface area contributed by atoms with E-state index in [1.165, 1.54) is 11.1 Å². The highest BCUT2D eigenvalue weighted by atomic mass is 16.6. The van der Waals surface area contributed by atoms with E-state index in [1.807, 2.05) is 49.4 Å². The molecule has 2 aromatic rings. The van der Waals surface area contributed by atoms with Crippen molar-refractivity contribution in [2.75, 3.05) is 20.3 Å². The largest absolute Gasteiger partial charge is 0.496 e. The second-order valence-electron chi connectivity index (χ2n) is 6.76. The molecule has 28 heavy (non-hydrogen) atoms. The zero-order chi connectivity index (χ0) is 19.9. The van der Waals surface area contributed by atoms with Gasteiger partial charge in [0.15, 0.2) is 13.2 Å². The fourth-order valence-corrected chi connectivity index (χ4v) is 3.35. The summed E-state index contributed by atoms with van der Waals surface area (Å²) in [5.74, 6) is 0.367. The van der Waals surface area contributed by atoms with Crippen LogP contribution in [-0.4, -0.2) is 32.2 Å². The number of para-hydroxylation sites is 1. The number of ether oxygens (including phenoxy) is 3. The van der Waals surface area contributed by atoms with E-state index in [2.05, 4.69) is 5.32 Å². The first-order valence-electron chi connectivity index (χ1n) is 9.39. The molecule has 0 aliphatic heterocycles. The topological polar surface area (TPSA) is 73.9 Å². The van der Waals surface area contributed by atoms with Gasteiger partial charge in [-0.3, -0.25) is 4.79 Å². The number of fused-ring (bicyclic) bond motifs is 1. The molecule has 0 saturated heterocycles. The molecule has 6 heteroatoms. The van der Waals surface area contributed by atoms with Crippen LogP contribution in [0.4, 0.5) is 0 Å². The monoisotopic (exact) mass is 383 g/mol. The van der Waals surface area contributed by atoms with Gasteiger partial charge in [-0.05, 0) is 55.5 Å². The van der Waals surface area contributed by atoms with Crippen molar-refractivity contribution >= 4 is 11.9 Å².